The largest absolute Gasteiger partial charge is 0.490 e. The number of piperazine rings is 1. The van der Waals surface area contributed by atoms with Crippen molar-refractivity contribution < 1.29 is 9.53 Å². The second-order valence-electron chi connectivity index (χ2n) is 5.49. The zero-order valence-electron chi connectivity index (χ0n) is 13.1. The Bertz CT molecular complexity index is 666. The topological polar surface area (TPSA) is 66.5 Å². The third kappa shape index (κ3) is 4.46. The Labute approximate surface area is 149 Å². The van der Waals surface area contributed by atoms with E-state index in [4.69, 9.17) is 4.74 Å². The first-order chi connectivity index (χ1) is 11.7. The van der Waals surface area contributed by atoms with Crippen LogP contribution < -0.4 is 15.4 Å². The monoisotopic (exact) mass is 390 g/mol. The van der Waals surface area contributed by atoms with Crippen molar-refractivity contribution >= 4 is 27.6 Å². The van der Waals surface area contributed by atoms with Crippen LogP contribution in [0.15, 0.2) is 53.3 Å². The molecule has 2 N–H and O–H groups in total. The first-order valence-corrected chi connectivity index (χ1v) is 8.58. The molecule has 1 saturated heterocycles. The number of amides is 2. The number of carbonyl (C=O) groups is 1. The van der Waals surface area contributed by atoms with Gasteiger partial charge < -0.3 is 20.3 Å². The van der Waals surface area contributed by atoms with Crippen LogP contribution in [-0.4, -0.2) is 48.2 Å². The number of hydrogen-bond donors (Lipinski definition) is 2. The molecule has 2 aromatic rings. The summed E-state index contributed by atoms with van der Waals surface area (Å²) in [6, 6.07) is 11.1. The zero-order chi connectivity index (χ0) is 16.8. The molecular formula is C17H19BrN4O2. The van der Waals surface area contributed by atoms with Gasteiger partial charge in [-0.1, -0.05) is 15.9 Å². The summed E-state index contributed by atoms with van der Waals surface area (Å²) >= 11 is 3.39. The van der Waals surface area contributed by atoms with Gasteiger partial charge >= 0.3 is 6.03 Å². The fraction of sp³-hybridized carbons (Fsp3) is 0.294. The van der Waals surface area contributed by atoms with E-state index >= 15 is 0 Å². The molecule has 1 aromatic carbocycles. The van der Waals surface area contributed by atoms with Crippen LogP contribution in [0.4, 0.5) is 10.5 Å². The van der Waals surface area contributed by atoms with Gasteiger partial charge in [-0.3, -0.25) is 4.98 Å². The standard InChI is InChI=1S/C17H19BrN4O2/c18-13-3-5-14(6-4-13)21-17(23)22-9-8-20-10-15(22)12-24-16-2-1-7-19-11-16/h1-7,11,15,20H,8-10,12H2,(H,21,23). The second kappa shape index (κ2) is 8.12. The maximum atomic E-state index is 12.6. The van der Waals surface area contributed by atoms with Crippen LogP contribution in [-0.2, 0) is 0 Å². The van der Waals surface area contributed by atoms with Crippen LogP contribution in [0.5, 0.6) is 5.75 Å². The van der Waals surface area contributed by atoms with Crippen molar-refractivity contribution in [1.29, 1.82) is 0 Å². The summed E-state index contributed by atoms with van der Waals surface area (Å²) in [5, 5.41) is 6.24. The van der Waals surface area contributed by atoms with Gasteiger partial charge in [-0.2, -0.15) is 0 Å². The number of pyridine rings is 1. The van der Waals surface area contributed by atoms with Gasteiger partial charge in [0, 0.05) is 36.0 Å². The number of ether oxygens (including phenoxy) is 1. The summed E-state index contributed by atoms with van der Waals surface area (Å²) in [7, 11) is 0. The first-order valence-electron chi connectivity index (χ1n) is 7.79. The summed E-state index contributed by atoms with van der Waals surface area (Å²) < 4.78 is 6.74. The van der Waals surface area contributed by atoms with Crippen molar-refractivity contribution in [1.82, 2.24) is 15.2 Å². The molecule has 1 aliphatic heterocycles. The molecule has 0 radical (unpaired) electrons. The minimum atomic E-state index is -0.112. The molecule has 2 amide bonds. The van der Waals surface area contributed by atoms with E-state index in [2.05, 4.69) is 31.5 Å². The van der Waals surface area contributed by atoms with E-state index in [1.54, 1.807) is 12.4 Å². The molecule has 0 bridgehead atoms. The van der Waals surface area contributed by atoms with Crippen molar-refractivity contribution in [3.63, 3.8) is 0 Å². The molecular weight excluding hydrogens is 372 g/mol. The SMILES string of the molecule is O=C(Nc1ccc(Br)cc1)N1CCNCC1COc1cccnc1. The number of benzene rings is 1. The van der Waals surface area contributed by atoms with Gasteiger partial charge in [-0.25, -0.2) is 4.79 Å². The van der Waals surface area contributed by atoms with Crippen LogP contribution in [0.1, 0.15) is 0 Å². The van der Waals surface area contributed by atoms with E-state index in [-0.39, 0.29) is 12.1 Å². The lowest BCUT2D eigenvalue weighted by atomic mass is 10.2. The Balaban J connectivity index is 1.60. The molecule has 7 heteroatoms. The fourth-order valence-corrected chi connectivity index (χ4v) is 2.79. The number of hydrogen-bond acceptors (Lipinski definition) is 4. The number of rotatable bonds is 4. The van der Waals surface area contributed by atoms with Gasteiger partial charge in [-0.05, 0) is 36.4 Å². The first kappa shape index (κ1) is 16.7. The number of nitrogens with one attached hydrogen (secondary N) is 2. The lowest BCUT2D eigenvalue weighted by Gasteiger charge is -2.35. The predicted octanol–water partition coefficient (Wildman–Crippen LogP) is 2.73. The summed E-state index contributed by atoms with van der Waals surface area (Å²) in [4.78, 5) is 18.4. The molecule has 0 spiro atoms. The van der Waals surface area contributed by atoms with E-state index < -0.39 is 0 Å². The third-order valence-corrected chi connectivity index (χ3v) is 4.31. The quantitative estimate of drug-likeness (QED) is 0.841. The van der Waals surface area contributed by atoms with Crippen LogP contribution >= 0.6 is 15.9 Å². The number of halogens is 1. The molecule has 126 valence electrons. The van der Waals surface area contributed by atoms with Crippen molar-refractivity contribution in [2.24, 2.45) is 0 Å². The Hall–Kier alpha value is -2.12. The van der Waals surface area contributed by atoms with Crippen LogP contribution in [0, 0.1) is 0 Å². The molecule has 24 heavy (non-hydrogen) atoms. The van der Waals surface area contributed by atoms with Crippen molar-refractivity contribution in [2.45, 2.75) is 6.04 Å². The lowest BCUT2D eigenvalue weighted by molar-refractivity contribution is 0.133. The van der Waals surface area contributed by atoms with Crippen molar-refractivity contribution in [3.8, 4) is 5.75 Å². The molecule has 1 atom stereocenters. The fourth-order valence-electron chi connectivity index (χ4n) is 2.53. The second-order valence-corrected chi connectivity index (χ2v) is 6.40. The lowest BCUT2D eigenvalue weighted by Crippen LogP contribution is -2.57. The summed E-state index contributed by atoms with van der Waals surface area (Å²) in [5.74, 6) is 0.705. The molecule has 1 aromatic heterocycles. The highest BCUT2D eigenvalue weighted by molar-refractivity contribution is 9.10. The molecule has 3 rings (SSSR count). The normalized spacial score (nSPS) is 17.4. The average Bonchev–Trinajstić information content (AvgIpc) is 2.63. The maximum Gasteiger partial charge on any atom is 0.322 e. The zero-order valence-corrected chi connectivity index (χ0v) is 14.7. The van der Waals surface area contributed by atoms with Gasteiger partial charge in [0.15, 0.2) is 0 Å². The molecule has 2 heterocycles. The van der Waals surface area contributed by atoms with Crippen LogP contribution in [0.3, 0.4) is 0 Å². The number of aromatic nitrogens is 1. The van der Waals surface area contributed by atoms with E-state index in [0.717, 1.165) is 16.7 Å². The Morgan fingerprint density at radius 3 is 2.96 bits per heavy atom. The van der Waals surface area contributed by atoms with Gasteiger partial charge in [-0.15, -0.1) is 0 Å². The molecule has 6 nitrogen and oxygen atoms in total. The van der Waals surface area contributed by atoms with E-state index in [9.17, 15) is 4.79 Å². The minimum Gasteiger partial charge on any atom is -0.490 e. The van der Waals surface area contributed by atoms with Crippen LogP contribution in [0.2, 0.25) is 0 Å². The minimum absolute atomic E-state index is 0.0330. The highest BCUT2D eigenvalue weighted by atomic mass is 79.9. The van der Waals surface area contributed by atoms with Crippen LogP contribution in [0.25, 0.3) is 0 Å². The van der Waals surface area contributed by atoms with Crippen molar-refractivity contribution in [2.75, 3.05) is 31.6 Å². The number of anilines is 1. The van der Waals surface area contributed by atoms with E-state index in [1.165, 1.54) is 0 Å². The van der Waals surface area contributed by atoms with E-state index in [0.29, 0.717) is 25.4 Å². The molecule has 1 aliphatic rings. The van der Waals surface area contributed by atoms with E-state index in [1.807, 2.05) is 41.3 Å². The molecule has 0 saturated carbocycles. The number of carbonyl (C=O) groups excluding carboxylic acids is 1. The third-order valence-electron chi connectivity index (χ3n) is 3.78. The Kier molecular flexibility index (Phi) is 5.66. The Morgan fingerprint density at radius 2 is 2.21 bits per heavy atom. The maximum absolute atomic E-state index is 12.6. The summed E-state index contributed by atoms with van der Waals surface area (Å²) in [6.45, 7) is 2.54. The number of urea groups is 1. The van der Waals surface area contributed by atoms with Gasteiger partial charge in [0.1, 0.15) is 12.4 Å². The Morgan fingerprint density at radius 1 is 1.38 bits per heavy atom. The van der Waals surface area contributed by atoms with Gasteiger partial charge in [0.05, 0.1) is 12.2 Å². The predicted molar refractivity (Wildman–Crippen MR) is 96.3 cm³/mol. The molecule has 0 aliphatic carbocycles. The smallest absolute Gasteiger partial charge is 0.322 e. The highest BCUT2D eigenvalue weighted by Gasteiger charge is 2.27. The summed E-state index contributed by atoms with van der Waals surface area (Å²) in [5.41, 5.74) is 0.772. The molecule has 1 fully saturated rings. The van der Waals surface area contributed by atoms with Gasteiger partial charge in [0.2, 0.25) is 0 Å². The number of nitrogens with zero attached hydrogens (tertiary/aromatic N) is 2. The molecule has 1 unspecified atom stereocenters. The summed E-state index contributed by atoms with van der Waals surface area (Å²) in [6.07, 6.45) is 3.37. The average molecular weight is 391 g/mol. The highest BCUT2D eigenvalue weighted by Crippen LogP contribution is 2.16. The van der Waals surface area contributed by atoms with Gasteiger partial charge in [0.25, 0.3) is 0 Å². The van der Waals surface area contributed by atoms with Crippen molar-refractivity contribution in [3.05, 3.63) is 53.3 Å².